The minimum absolute atomic E-state index is 1.06. The summed E-state index contributed by atoms with van der Waals surface area (Å²) in [4.78, 5) is 2.30. The van der Waals surface area contributed by atoms with E-state index >= 15 is 0 Å². The normalized spacial score (nSPS) is 14.0. The molecular weight excluding hydrogens is 190 g/mol. The van der Waals surface area contributed by atoms with Gasteiger partial charge in [-0.2, -0.15) is 13.2 Å². The van der Waals surface area contributed by atoms with Gasteiger partial charge in [0.2, 0.25) is 0 Å². The summed E-state index contributed by atoms with van der Waals surface area (Å²) in [7, 11) is 0. The summed E-state index contributed by atoms with van der Waals surface area (Å²) >= 11 is 9.39. The molecule has 0 aliphatic carbocycles. The van der Waals surface area contributed by atoms with Crippen LogP contribution in [0.3, 0.4) is 0 Å². The lowest BCUT2D eigenvalue weighted by Gasteiger charge is -2.02. The van der Waals surface area contributed by atoms with E-state index in [4.69, 9.17) is 18.2 Å². The van der Waals surface area contributed by atoms with Crippen LogP contribution in [0.2, 0.25) is 0 Å². The monoisotopic (exact) mass is 189 g/mol. The number of nitrogens with zero attached hydrogens (tertiary/aromatic N) is 1. The maximum atomic E-state index is 11.5. The Morgan fingerprint density at radius 3 is 1.80 bits per heavy atom. The molecule has 0 fully saturated rings. The van der Waals surface area contributed by atoms with Crippen molar-refractivity contribution in [2.45, 2.75) is 6.18 Å². The zero-order chi connectivity index (χ0) is 8.36. The first-order valence-corrected chi connectivity index (χ1v) is 2.65. The van der Waals surface area contributed by atoms with Crippen molar-refractivity contribution in [3.05, 3.63) is 21.6 Å². The third-order valence-electron chi connectivity index (χ3n) is 0.528. The maximum Gasteiger partial charge on any atom is 0.418 e. The second-order valence-electron chi connectivity index (χ2n) is 1.21. The molecule has 10 heavy (non-hydrogen) atoms. The molecule has 0 radical (unpaired) electrons. The molecule has 0 aromatic rings. The fraction of sp³-hybridized carbons (Fsp3) is 0.250. The Morgan fingerprint density at radius 2 is 1.70 bits per heavy atom. The van der Waals surface area contributed by atoms with Crippen molar-refractivity contribution in [3.8, 4) is 0 Å². The zero-order valence-electron chi connectivity index (χ0n) is 4.34. The van der Waals surface area contributed by atoms with Crippen molar-refractivity contribution in [3.63, 3.8) is 0 Å². The van der Waals surface area contributed by atoms with Crippen LogP contribution in [-0.4, -0.2) is 6.18 Å². The number of halogens is 5. The fourth-order valence-corrected chi connectivity index (χ4v) is 0.315. The van der Waals surface area contributed by atoms with Gasteiger partial charge in [0.1, 0.15) is 5.03 Å². The molecule has 0 rings (SSSR count). The molecule has 0 N–H and O–H groups in total. The van der Waals surface area contributed by atoms with E-state index in [2.05, 4.69) is 16.4 Å². The van der Waals surface area contributed by atoms with Crippen LogP contribution < -0.4 is 0 Å². The van der Waals surface area contributed by atoms with Gasteiger partial charge in [-0.25, -0.2) is 4.85 Å². The molecule has 0 saturated carbocycles. The van der Waals surface area contributed by atoms with E-state index in [1.54, 1.807) is 0 Å². The Morgan fingerprint density at radius 1 is 1.30 bits per heavy atom. The van der Waals surface area contributed by atoms with Gasteiger partial charge in [0, 0.05) is 0 Å². The zero-order valence-corrected chi connectivity index (χ0v) is 5.85. The quantitative estimate of drug-likeness (QED) is 0.408. The molecular formula is C4Cl2F3N. The molecule has 0 aliphatic heterocycles. The van der Waals surface area contributed by atoms with E-state index in [1.165, 1.54) is 0 Å². The van der Waals surface area contributed by atoms with Crippen molar-refractivity contribution >= 4 is 23.2 Å². The second kappa shape index (κ2) is 3.13. The first-order valence-electron chi connectivity index (χ1n) is 1.89. The molecule has 0 spiro atoms. The lowest BCUT2D eigenvalue weighted by molar-refractivity contribution is -0.0847. The van der Waals surface area contributed by atoms with E-state index in [9.17, 15) is 13.2 Å². The molecule has 0 heterocycles. The fourth-order valence-electron chi connectivity index (χ4n) is 0.166. The minimum atomic E-state index is -4.72. The third kappa shape index (κ3) is 2.46. The molecule has 0 amide bonds. The summed E-state index contributed by atoms with van der Waals surface area (Å²) in [6.07, 6.45) is -4.72. The van der Waals surface area contributed by atoms with Gasteiger partial charge >= 0.3 is 6.18 Å². The van der Waals surface area contributed by atoms with Crippen LogP contribution in [0.5, 0.6) is 0 Å². The SMILES string of the molecule is [C-]#[N+]/C(Cl)=C(/Cl)C(F)(F)F. The highest BCUT2D eigenvalue weighted by molar-refractivity contribution is 6.40. The van der Waals surface area contributed by atoms with Gasteiger partial charge in [0.15, 0.2) is 0 Å². The van der Waals surface area contributed by atoms with Crippen LogP contribution in [0, 0.1) is 6.57 Å². The van der Waals surface area contributed by atoms with Crippen LogP contribution in [0.25, 0.3) is 4.85 Å². The smallest absolute Gasteiger partial charge is 0.224 e. The van der Waals surface area contributed by atoms with E-state index in [-0.39, 0.29) is 0 Å². The van der Waals surface area contributed by atoms with Crippen LogP contribution in [0.4, 0.5) is 13.2 Å². The highest BCUT2D eigenvalue weighted by Crippen LogP contribution is 2.32. The summed E-state index contributed by atoms with van der Waals surface area (Å²) in [5.41, 5.74) is 0. The van der Waals surface area contributed by atoms with Crippen molar-refractivity contribution in [1.82, 2.24) is 0 Å². The van der Waals surface area contributed by atoms with Gasteiger partial charge in [0.05, 0.1) is 6.57 Å². The molecule has 0 bridgehead atoms. The van der Waals surface area contributed by atoms with E-state index in [0.717, 1.165) is 0 Å². The predicted octanol–water partition coefficient (Wildman–Crippen LogP) is 3.11. The summed E-state index contributed by atoms with van der Waals surface area (Å²) in [5.74, 6) is 0. The molecule has 0 aromatic carbocycles. The molecule has 56 valence electrons. The Hall–Kier alpha value is -0.400. The van der Waals surface area contributed by atoms with Crippen molar-refractivity contribution in [2.24, 2.45) is 0 Å². The Labute approximate surface area is 64.9 Å². The summed E-state index contributed by atoms with van der Waals surface area (Å²) < 4.78 is 34.4. The first-order chi connectivity index (χ1) is 4.39. The van der Waals surface area contributed by atoms with Crippen LogP contribution in [0.15, 0.2) is 10.2 Å². The third-order valence-corrected chi connectivity index (χ3v) is 1.29. The van der Waals surface area contributed by atoms with Gasteiger partial charge in [-0.15, -0.1) is 11.6 Å². The van der Waals surface area contributed by atoms with E-state index in [1.807, 2.05) is 0 Å². The van der Waals surface area contributed by atoms with Gasteiger partial charge in [-0.05, 0) is 0 Å². The average Bonchev–Trinajstić information content (AvgIpc) is 1.83. The molecule has 1 nitrogen and oxygen atoms in total. The molecule has 6 heteroatoms. The van der Waals surface area contributed by atoms with Gasteiger partial charge in [-0.1, -0.05) is 11.6 Å². The number of allylic oxidation sites excluding steroid dienone is 1. The van der Waals surface area contributed by atoms with Crippen LogP contribution in [0.1, 0.15) is 0 Å². The van der Waals surface area contributed by atoms with Crippen molar-refractivity contribution < 1.29 is 13.2 Å². The molecule has 0 saturated heterocycles. The van der Waals surface area contributed by atoms with E-state index in [0.29, 0.717) is 0 Å². The van der Waals surface area contributed by atoms with Crippen LogP contribution in [-0.2, 0) is 0 Å². The van der Waals surface area contributed by atoms with Gasteiger partial charge < -0.3 is 0 Å². The summed E-state index contributed by atoms with van der Waals surface area (Å²) in [5, 5.41) is -2.64. The topological polar surface area (TPSA) is 4.36 Å². The summed E-state index contributed by atoms with van der Waals surface area (Å²) in [6.45, 7) is 6.07. The van der Waals surface area contributed by atoms with Crippen molar-refractivity contribution in [1.29, 1.82) is 0 Å². The first kappa shape index (κ1) is 9.60. The highest BCUT2D eigenvalue weighted by Gasteiger charge is 2.34. The van der Waals surface area contributed by atoms with Gasteiger partial charge in [0.25, 0.3) is 5.16 Å². The standard InChI is InChI=1S/C4Cl2F3N/c1-10-3(6)2(5)4(7,8)9/b3-2+. The molecule has 0 aliphatic rings. The molecule has 0 aromatic heterocycles. The number of alkyl halides is 3. The Bertz CT molecular complexity index is 200. The molecule has 0 unspecified atom stereocenters. The molecule has 0 atom stereocenters. The summed E-state index contributed by atoms with van der Waals surface area (Å²) in [6, 6.07) is 0. The minimum Gasteiger partial charge on any atom is -0.224 e. The average molecular weight is 190 g/mol. The predicted molar refractivity (Wildman–Crippen MR) is 31.4 cm³/mol. The number of rotatable bonds is 0. The lowest BCUT2D eigenvalue weighted by atomic mass is 10.6. The van der Waals surface area contributed by atoms with Crippen molar-refractivity contribution in [2.75, 3.05) is 0 Å². The Kier molecular flexibility index (Phi) is 3.00. The van der Waals surface area contributed by atoms with E-state index < -0.39 is 16.4 Å². The number of hydrogen-bond donors (Lipinski definition) is 0. The second-order valence-corrected chi connectivity index (χ2v) is 1.95. The van der Waals surface area contributed by atoms with Crippen LogP contribution >= 0.6 is 23.2 Å². The van der Waals surface area contributed by atoms with Gasteiger partial charge in [-0.3, -0.25) is 0 Å². The Balaban J connectivity index is 4.69. The maximum absolute atomic E-state index is 11.5. The lowest BCUT2D eigenvalue weighted by Crippen LogP contribution is -2.07. The number of hydrogen-bond acceptors (Lipinski definition) is 0. The highest BCUT2D eigenvalue weighted by atomic mass is 35.5. The largest absolute Gasteiger partial charge is 0.418 e.